The molecule has 1 aliphatic rings. The van der Waals surface area contributed by atoms with E-state index in [9.17, 15) is 0 Å². The third kappa shape index (κ3) is 6.95. The molecule has 0 unspecified atom stereocenters. The van der Waals surface area contributed by atoms with Crippen LogP contribution in [0.15, 0.2) is 30.9 Å². The molecule has 43 heavy (non-hydrogen) atoms. The number of thiophene rings is 1. The van der Waals surface area contributed by atoms with E-state index in [0.717, 1.165) is 73.5 Å². The molecule has 228 valence electrons. The molecule has 0 aliphatic carbocycles. The van der Waals surface area contributed by atoms with Crippen LogP contribution in [0.25, 0.3) is 31.5 Å². The van der Waals surface area contributed by atoms with Crippen molar-refractivity contribution >= 4 is 48.6 Å². The lowest BCUT2D eigenvalue weighted by atomic mass is 9.92. The van der Waals surface area contributed by atoms with Crippen LogP contribution in [0.5, 0.6) is 0 Å². The fourth-order valence-corrected chi connectivity index (χ4v) is 6.45. The molecule has 0 radical (unpaired) electrons. The molecule has 0 bridgehead atoms. The number of hydrogen-bond acceptors (Lipinski definition) is 11. The molecule has 12 heteroatoms. The quantitative estimate of drug-likeness (QED) is 0.160. The van der Waals surface area contributed by atoms with Crippen molar-refractivity contribution in [1.82, 2.24) is 24.9 Å². The molecule has 0 saturated carbocycles. The molecule has 0 spiro atoms. The smallest absolute Gasteiger partial charge is 0.147 e. The Hall–Kier alpha value is -3.26. The maximum absolute atomic E-state index is 6.22. The van der Waals surface area contributed by atoms with Crippen molar-refractivity contribution in [3.63, 3.8) is 0 Å². The molecular weight excluding hydrogens is 568 g/mol. The first kappa shape index (κ1) is 29.8. The number of rotatable bonds is 15. The van der Waals surface area contributed by atoms with E-state index in [4.69, 9.17) is 33.7 Å². The predicted octanol–water partition coefficient (Wildman–Crippen LogP) is 4.82. The first-order valence-corrected chi connectivity index (χ1v) is 15.4. The van der Waals surface area contributed by atoms with E-state index in [1.165, 1.54) is 5.56 Å². The van der Waals surface area contributed by atoms with Crippen molar-refractivity contribution in [3.8, 4) is 0 Å². The van der Waals surface area contributed by atoms with Gasteiger partial charge in [-0.1, -0.05) is 6.07 Å². The monoisotopic (exact) mass is 606 g/mol. The lowest BCUT2D eigenvalue weighted by Gasteiger charge is -2.32. The van der Waals surface area contributed by atoms with Gasteiger partial charge in [-0.15, -0.1) is 11.3 Å². The van der Waals surface area contributed by atoms with E-state index < -0.39 is 0 Å². The Morgan fingerprint density at radius 3 is 2.67 bits per heavy atom. The number of nitrogens with one attached hydrogen (secondary N) is 2. The summed E-state index contributed by atoms with van der Waals surface area (Å²) in [6, 6.07) is 6.32. The number of ether oxygens (including phenoxy) is 5. The average molecular weight is 607 g/mol. The average Bonchev–Trinajstić information content (AvgIpc) is 3.61. The summed E-state index contributed by atoms with van der Waals surface area (Å²) in [4.78, 5) is 22.9. The van der Waals surface area contributed by atoms with Crippen LogP contribution in [0.3, 0.4) is 0 Å². The molecule has 1 aliphatic heterocycles. The van der Waals surface area contributed by atoms with Crippen molar-refractivity contribution in [2.45, 2.75) is 45.5 Å². The number of anilines is 1. The van der Waals surface area contributed by atoms with Crippen molar-refractivity contribution in [2.75, 3.05) is 58.6 Å². The highest BCUT2D eigenvalue weighted by Gasteiger charge is 2.31. The van der Waals surface area contributed by atoms with Gasteiger partial charge in [0.25, 0.3) is 0 Å². The maximum atomic E-state index is 6.22. The van der Waals surface area contributed by atoms with E-state index in [-0.39, 0.29) is 5.60 Å². The minimum Gasteiger partial charge on any atom is -0.382 e. The number of H-pyrrole nitrogens is 1. The summed E-state index contributed by atoms with van der Waals surface area (Å²) < 4.78 is 29.5. The second-order valence-electron chi connectivity index (χ2n) is 11.1. The van der Waals surface area contributed by atoms with Crippen molar-refractivity contribution in [1.29, 1.82) is 0 Å². The number of methoxy groups -OCH3 is 1. The van der Waals surface area contributed by atoms with Crippen molar-refractivity contribution in [3.05, 3.63) is 53.2 Å². The lowest BCUT2D eigenvalue weighted by Crippen LogP contribution is -2.33. The normalized spacial score (nSPS) is 14.6. The van der Waals surface area contributed by atoms with Gasteiger partial charge in [-0.25, -0.2) is 19.9 Å². The molecule has 6 rings (SSSR count). The number of aromatic nitrogens is 5. The largest absolute Gasteiger partial charge is 0.382 e. The number of hydrogen-bond donors (Lipinski definition) is 2. The summed E-state index contributed by atoms with van der Waals surface area (Å²) in [5.74, 6) is 0.816. The highest BCUT2D eigenvalue weighted by Crippen LogP contribution is 2.41. The molecule has 11 nitrogen and oxygen atoms in total. The topological polar surface area (TPSA) is 126 Å². The number of aromatic amines is 1. The Labute approximate surface area is 254 Å². The second-order valence-corrected chi connectivity index (χ2v) is 12.1. The zero-order valence-corrected chi connectivity index (χ0v) is 25.7. The zero-order chi connectivity index (χ0) is 29.6. The fraction of sp³-hybridized carbons (Fsp3) is 0.484. The molecule has 4 aromatic heterocycles. The summed E-state index contributed by atoms with van der Waals surface area (Å²) in [6.45, 7) is 9.02. The van der Waals surface area contributed by atoms with E-state index in [1.807, 2.05) is 0 Å². The summed E-state index contributed by atoms with van der Waals surface area (Å²) in [7, 11) is 1.66. The molecule has 5 aromatic rings. The molecule has 0 amide bonds. The van der Waals surface area contributed by atoms with Gasteiger partial charge in [0.05, 0.1) is 91.7 Å². The Kier molecular flexibility index (Phi) is 9.41. The predicted molar refractivity (Wildman–Crippen MR) is 167 cm³/mol. The van der Waals surface area contributed by atoms with Gasteiger partial charge in [0.2, 0.25) is 0 Å². The zero-order valence-electron chi connectivity index (χ0n) is 24.9. The van der Waals surface area contributed by atoms with Crippen LogP contribution in [0.4, 0.5) is 5.82 Å². The highest BCUT2D eigenvalue weighted by molar-refractivity contribution is 7.26. The molecule has 1 aromatic carbocycles. The SMILES string of the molecule is COCCOCCOCCOCc1c2c(nc3sc4c(NCCc5ccc6[nH]cnc6c5)ncnc4c13)CC(C)(C)OC2. The summed E-state index contributed by atoms with van der Waals surface area (Å²) in [5.41, 5.74) is 7.09. The van der Waals surface area contributed by atoms with E-state index in [0.29, 0.717) is 52.9 Å². The molecular formula is C31H38N6O5S. The minimum absolute atomic E-state index is 0.271. The van der Waals surface area contributed by atoms with E-state index >= 15 is 0 Å². The van der Waals surface area contributed by atoms with Gasteiger partial charge in [0.15, 0.2) is 0 Å². The molecule has 0 atom stereocenters. The summed E-state index contributed by atoms with van der Waals surface area (Å²) in [6.07, 6.45) is 4.93. The van der Waals surface area contributed by atoms with E-state index in [1.54, 1.807) is 31.1 Å². The van der Waals surface area contributed by atoms with Crippen LogP contribution in [-0.4, -0.2) is 83.8 Å². The minimum atomic E-state index is -0.271. The molecule has 2 N–H and O–H groups in total. The van der Waals surface area contributed by atoms with Crippen molar-refractivity contribution in [2.24, 2.45) is 0 Å². The Morgan fingerprint density at radius 1 is 1.02 bits per heavy atom. The van der Waals surface area contributed by atoms with Gasteiger partial charge in [-0.2, -0.15) is 0 Å². The van der Waals surface area contributed by atoms with Gasteiger partial charge in [-0.05, 0) is 43.5 Å². The molecule has 5 heterocycles. The third-order valence-electron chi connectivity index (χ3n) is 7.52. The number of imidazole rings is 1. The van der Waals surface area contributed by atoms with Gasteiger partial charge >= 0.3 is 0 Å². The summed E-state index contributed by atoms with van der Waals surface area (Å²) >= 11 is 1.63. The maximum Gasteiger partial charge on any atom is 0.147 e. The molecule has 0 fully saturated rings. The van der Waals surface area contributed by atoms with Gasteiger partial charge in [-0.3, -0.25) is 0 Å². The van der Waals surface area contributed by atoms with Crippen molar-refractivity contribution < 1.29 is 23.7 Å². The summed E-state index contributed by atoms with van der Waals surface area (Å²) in [5, 5.41) is 4.56. The molecule has 0 saturated heterocycles. The van der Waals surface area contributed by atoms with Crippen LogP contribution < -0.4 is 5.32 Å². The fourth-order valence-electron chi connectivity index (χ4n) is 5.30. The number of pyridine rings is 1. The second kappa shape index (κ2) is 13.6. The van der Waals surface area contributed by atoms with Gasteiger partial charge in [0.1, 0.15) is 17.0 Å². The van der Waals surface area contributed by atoms with Gasteiger partial charge < -0.3 is 34.0 Å². The third-order valence-corrected chi connectivity index (χ3v) is 8.60. The van der Waals surface area contributed by atoms with Crippen LogP contribution in [0.1, 0.15) is 36.2 Å². The Bertz CT molecular complexity index is 1690. The van der Waals surface area contributed by atoms with Crippen LogP contribution in [0, 0.1) is 0 Å². The Balaban J connectivity index is 1.19. The van der Waals surface area contributed by atoms with Gasteiger partial charge in [0, 0.05) is 31.0 Å². The first-order valence-electron chi connectivity index (χ1n) is 14.6. The first-order chi connectivity index (χ1) is 21.0. The standard InChI is InChI=1S/C31H38N6O5S/c1-31(2)15-25-21(17-42-31)22(16-41-13-12-40-11-10-39-9-8-38-3)26-27-28(43-30(26)37-25)29(36-19-35-27)32-7-6-20-4-5-23-24(14-20)34-18-33-23/h4-5,14,18-19H,6-13,15-17H2,1-3H3,(H,33,34)(H,32,35,36). The highest BCUT2D eigenvalue weighted by atomic mass is 32.1. The number of fused-ring (bicyclic) bond motifs is 5. The number of nitrogens with zero attached hydrogens (tertiary/aromatic N) is 4. The lowest BCUT2D eigenvalue weighted by molar-refractivity contribution is -0.0424. The van der Waals surface area contributed by atoms with E-state index in [2.05, 4.69) is 52.3 Å². The van der Waals surface area contributed by atoms with Crippen LogP contribution in [0.2, 0.25) is 0 Å². The number of benzene rings is 1. The Morgan fingerprint density at radius 2 is 1.84 bits per heavy atom. The van der Waals surface area contributed by atoms with Crippen LogP contribution in [-0.2, 0) is 49.7 Å². The van der Waals surface area contributed by atoms with Crippen LogP contribution >= 0.6 is 11.3 Å².